The average Bonchev–Trinajstić information content (AvgIpc) is 2.37. The van der Waals surface area contributed by atoms with Crippen molar-refractivity contribution in [2.24, 2.45) is 10.9 Å². The molecule has 1 rings (SSSR count). The summed E-state index contributed by atoms with van der Waals surface area (Å²) in [5.41, 5.74) is 6.25. The lowest BCUT2D eigenvalue weighted by Gasteiger charge is -2.22. The van der Waals surface area contributed by atoms with E-state index in [1.54, 1.807) is 12.3 Å². The van der Waals surface area contributed by atoms with E-state index in [1.807, 2.05) is 6.07 Å². The zero-order chi connectivity index (χ0) is 12.7. The summed E-state index contributed by atoms with van der Waals surface area (Å²) in [5, 5.41) is 11.7. The molecule has 0 fully saturated rings. The first kappa shape index (κ1) is 13.3. The van der Waals surface area contributed by atoms with Gasteiger partial charge in [0.2, 0.25) is 0 Å². The van der Waals surface area contributed by atoms with Crippen molar-refractivity contribution in [3.8, 4) is 0 Å². The van der Waals surface area contributed by atoms with E-state index in [9.17, 15) is 0 Å². The van der Waals surface area contributed by atoms with Crippen LogP contribution in [-0.2, 0) is 0 Å². The number of anilines is 1. The van der Waals surface area contributed by atoms with Crippen LogP contribution in [0.3, 0.4) is 0 Å². The number of rotatable bonds is 6. The molecule has 5 nitrogen and oxygen atoms in total. The van der Waals surface area contributed by atoms with E-state index in [0.717, 1.165) is 31.7 Å². The number of nitrogens with zero attached hydrogens (tertiary/aromatic N) is 3. The van der Waals surface area contributed by atoms with Crippen LogP contribution >= 0.6 is 0 Å². The number of hydrogen-bond acceptors (Lipinski definition) is 4. The predicted molar refractivity (Wildman–Crippen MR) is 69.5 cm³/mol. The van der Waals surface area contributed by atoms with Crippen LogP contribution in [0.15, 0.2) is 23.5 Å². The van der Waals surface area contributed by atoms with Gasteiger partial charge in [0.25, 0.3) is 0 Å². The fraction of sp³-hybridized carbons (Fsp3) is 0.500. The fourth-order valence-electron chi connectivity index (χ4n) is 1.69. The Balaban J connectivity index is 2.95. The summed E-state index contributed by atoms with van der Waals surface area (Å²) in [6, 6.07) is 3.58. The quantitative estimate of drug-likeness (QED) is 0.342. The van der Waals surface area contributed by atoms with Gasteiger partial charge in [-0.3, -0.25) is 0 Å². The first-order chi connectivity index (χ1) is 8.22. The normalized spacial score (nSPS) is 11.5. The van der Waals surface area contributed by atoms with Gasteiger partial charge in [0.05, 0.1) is 0 Å². The van der Waals surface area contributed by atoms with Crippen molar-refractivity contribution in [1.29, 1.82) is 0 Å². The Morgan fingerprint density at radius 1 is 1.41 bits per heavy atom. The second-order valence-corrected chi connectivity index (χ2v) is 3.88. The number of amidine groups is 1. The molecule has 0 radical (unpaired) electrons. The van der Waals surface area contributed by atoms with E-state index < -0.39 is 0 Å². The zero-order valence-corrected chi connectivity index (χ0v) is 10.4. The van der Waals surface area contributed by atoms with E-state index in [2.05, 4.69) is 28.9 Å². The van der Waals surface area contributed by atoms with Crippen LogP contribution in [-0.4, -0.2) is 29.1 Å². The van der Waals surface area contributed by atoms with Gasteiger partial charge in [-0.2, -0.15) is 0 Å². The lowest BCUT2D eigenvalue weighted by Crippen LogP contribution is -2.26. The summed E-state index contributed by atoms with van der Waals surface area (Å²) < 4.78 is 0. The van der Waals surface area contributed by atoms with Gasteiger partial charge in [-0.25, -0.2) is 4.98 Å². The minimum absolute atomic E-state index is 0.113. The Morgan fingerprint density at radius 3 is 2.59 bits per heavy atom. The Morgan fingerprint density at radius 2 is 2.06 bits per heavy atom. The summed E-state index contributed by atoms with van der Waals surface area (Å²) >= 11 is 0. The Kier molecular flexibility index (Phi) is 5.26. The molecule has 1 aromatic heterocycles. The van der Waals surface area contributed by atoms with Crippen LogP contribution in [0, 0.1) is 0 Å². The van der Waals surface area contributed by atoms with Crippen molar-refractivity contribution in [3.05, 3.63) is 23.9 Å². The molecule has 0 bridgehead atoms. The maximum absolute atomic E-state index is 8.65. The molecular formula is C12H20N4O. The SMILES string of the molecule is CCCN(CCC)c1cc(/C(N)=N/O)ccn1. The van der Waals surface area contributed by atoms with Crippen LogP contribution in [0.4, 0.5) is 5.82 Å². The van der Waals surface area contributed by atoms with Gasteiger partial charge >= 0.3 is 0 Å². The molecule has 0 aliphatic carbocycles. The molecule has 1 aromatic rings. The van der Waals surface area contributed by atoms with Gasteiger partial charge in [0, 0.05) is 24.8 Å². The second kappa shape index (κ2) is 6.73. The molecule has 0 unspecified atom stereocenters. The van der Waals surface area contributed by atoms with Crippen molar-refractivity contribution < 1.29 is 5.21 Å². The van der Waals surface area contributed by atoms with Crippen molar-refractivity contribution >= 4 is 11.7 Å². The smallest absolute Gasteiger partial charge is 0.170 e. The summed E-state index contributed by atoms with van der Waals surface area (Å²) in [4.78, 5) is 6.53. The fourth-order valence-corrected chi connectivity index (χ4v) is 1.69. The summed E-state index contributed by atoms with van der Waals surface area (Å²) in [7, 11) is 0. The Hall–Kier alpha value is -1.78. The zero-order valence-electron chi connectivity index (χ0n) is 10.4. The minimum atomic E-state index is 0.113. The van der Waals surface area contributed by atoms with Gasteiger partial charge < -0.3 is 15.8 Å². The van der Waals surface area contributed by atoms with Gasteiger partial charge in [-0.1, -0.05) is 19.0 Å². The highest BCUT2D eigenvalue weighted by atomic mass is 16.4. The van der Waals surface area contributed by atoms with E-state index in [-0.39, 0.29) is 5.84 Å². The number of aromatic nitrogens is 1. The molecule has 0 saturated heterocycles. The molecule has 17 heavy (non-hydrogen) atoms. The van der Waals surface area contributed by atoms with Crippen molar-refractivity contribution in [2.75, 3.05) is 18.0 Å². The highest BCUT2D eigenvalue weighted by Gasteiger charge is 2.08. The van der Waals surface area contributed by atoms with Gasteiger partial charge in [0.1, 0.15) is 5.82 Å². The van der Waals surface area contributed by atoms with Crippen molar-refractivity contribution in [3.63, 3.8) is 0 Å². The van der Waals surface area contributed by atoms with Crippen molar-refractivity contribution in [2.45, 2.75) is 26.7 Å². The first-order valence-corrected chi connectivity index (χ1v) is 5.91. The maximum atomic E-state index is 8.65. The first-order valence-electron chi connectivity index (χ1n) is 5.91. The summed E-state index contributed by atoms with van der Waals surface area (Å²) in [5.74, 6) is 0.986. The van der Waals surface area contributed by atoms with Crippen LogP contribution in [0.25, 0.3) is 0 Å². The summed E-state index contributed by atoms with van der Waals surface area (Å²) in [6.07, 6.45) is 3.81. The Bertz CT molecular complexity index is 373. The van der Waals surface area contributed by atoms with Gasteiger partial charge in [-0.05, 0) is 25.0 Å². The van der Waals surface area contributed by atoms with Crippen LogP contribution in [0.2, 0.25) is 0 Å². The molecule has 0 amide bonds. The Labute approximate surface area is 102 Å². The predicted octanol–water partition coefficient (Wildman–Crippen LogP) is 1.80. The molecule has 1 heterocycles. The number of pyridine rings is 1. The van der Waals surface area contributed by atoms with Crippen LogP contribution < -0.4 is 10.6 Å². The second-order valence-electron chi connectivity index (χ2n) is 3.88. The lowest BCUT2D eigenvalue weighted by atomic mass is 10.2. The maximum Gasteiger partial charge on any atom is 0.170 e. The molecule has 3 N–H and O–H groups in total. The van der Waals surface area contributed by atoms with E-state index in [1.165, 1.54) is 0 Å². The lowest BCUT2D eigenvalue weighted by molar-refractivity contribution is 0.318. The highest BCUT2D eigenvalue weighted by Crippen LogP contribution is 2.13. The number of oxime groups is 1. The van der Waals surface area contributed by atoms with Gasteiger partial charge in [-0.15, -0.1) is 0 Å². The van der Waals surface area contributed by atoms with Gasteiger partial charge in [0.15, 0.2) is 5.84 Å². The summed E-state index contributed by atoms with van der Waals surface area (Å²) in [6.45, 7) is 6.19. The minimum Gasteiger partial charge on any atom is -0.409 e. The molecule has 0 aliphatic heterocycles. The molecule has 94 valence electrons. The highest BCUT2D eigenvalue weighted by molar-refractivity contribution is 5.97. The van der Waals surface area contributed by atoms with Crippen LogP contribution in [0.1, 0.15) is 32.3 Å². The molecular weight excluding hydrogens is 216 g/mol. The molecule has 0 atom stereocenters. The molecule has 0 aliphatic rings. The number of hydrogen-bond donors (Lipinski definition) is 2. The average molecular weight is 236 g/mol. The van der Waals surface area contributed by atoms with Crippen molar-refractivity contribution in [1.82, 2.24) is 4.98 Å². The molecule has 5 heteroatoms. The molecule has 0 spiro atoms. The third-order valence-electron chi connectivity index (χ3n) is 2.46. The third kappa shape index (κ3) is 3.62. The molecule has 0 saturated carbocycles. The van der Waals surface area contributed by atoms with E-state index in [4.69, 9.17) is 10.9 Å². The monoisotopic (exact) mass is 236 g/mol. The topological polar surface area (TPSA) is 74.7 Å². The molecule has 0 aromatic carbocycles. The third-order valence-corrected chi connectivity index (χ3v) is 2.46. The van der Waals surface area contributed by atoms with E-state index in [0.29, 0.717) is 5.56 Å². The van der Waals surface area contributed by atoms with Crippen LogP contribution in [0.5, 0.6) is 0 Å². The largest absolute Gasteiger partial charge is 0.409 e. The standard InChI is InChI=1S/C12H20N4O/c1-3-7-16(8-4-2)11-9-10(5-6-14-11)12(13)15-17/h5-6,9,17H,3-4,7-8H2,1-2H3,(H2,13,15). The van der Waals surface area contributed by atoms with E-state index >= 15 is 0 Å². The number of nitrogens with two attached hydrogens (primary N) is 1.